The lowest BCUT2D eigenvalue weighted by atomic mass is 9.92. The third-order valence-electron chi connectivity index (χ3n) is 4.44. The monoisotopic (exact) mass is 259 g/mol. The third kappa shape index (κ3) is 3.34. The molecule has 3 nitrogen and oxygen atoms in total. The van der Waals surface area contributed by atoms with E-state index in [9.17, 15) is 0 Å². The van der Waals surface area contributed by atoms with Crippen LogP contribution in [0.3, 0.4) is 0 Å². The summed E-state index contributed by atoms with van der Waals surface area (Å²) in [6.07, 6.45) is 9.73. The molecule has 0 aromatic carbocycles. The van der Waals surface area contributed by atoms with Crippen molar-refractivity contribution in [3.63, 3.8) is 0 Å². The second-order valence-electron chi connectivity index (χ2n) is 5.85. The molecule has 1 N–H and O–H groups in total. The van der Waals surface area contributed by atoms with E-state index in [4.69, 9.17) is 0 Å². The standard InChI is InChI=1S/C16H25N3/c1-2-12-19(11-1)13-5-10-17-15-8-3-6-14-7-4-9-18-16(14)15/h4,7,9,15,17H,1-3,5-6,8,10-13H2. The van der Waals surface area contributed by atoms with Crippen LogP contribution < -0.4 is 5.32 Å². The fourth-order valence-electron chi connectivity index (χ4n) is 3.39. The first kappa shape index (κ1) is 13.1. The average molecular weight is 259 g/mol. The van der Waals surface area contributed by atoms with E-state index in [1.54, 1.807) is 0 Å². The van der Waals surface area contributed by atoms with Gasteiger partial charge in [-0.25, -0.2) is 0 Å². The molecule has 1 saturated heterocycles. The average Bonchev–Trinajstić information content (AvgIpc) is 2.97. The van der Waals surface area contributed by atoms with Gasteiger partial charge in [0.05, 0.1) is 5.69 Å². The Hall–Kier alpha value is -0.930. The number of hydrogen-bond acceptors (Lipinski definition) is 3. The Balaban J connectivity index is 1.45. The number of likely N-dealkylation sites (tertiary alicyclic amines) is 1. The van der Waals surface area contributed by atoms with Crippen molar-refractivity contribution >= 4 is 0 Å². The number of nitrogens with one attached hydrogen (secondary N) is 1. The molecule has 19 heavy (non-hydrogen) atoms. The van der Waals surface area contributed by atoms with Gasteiger partial charge in [0.1, 0.15) is 0 Å². The van der Waals surface area contributed by atoms with Crippen LogP contribution in [-0.2, 0) is 6.42 Å². The second-order valence-corrected chi connectivity index (χ2v) is 5.85. The summed E-state index contributed by atoms with van der Waals surface area (Å²) >= 11 is 0. The number of aryl methyl sites for hydroxylation is 1. The quantitative estimate of drug-likeness (QED) is 0.824. The predicted molar refractivity (Wildman–Crippen MR) is 78.2 cm³/mol. The minimum Gasteiger partial charge on any atom is -0.309 e. The van der Waals surface area contributed by atoms with Crippen molar-refractivity contribution in [2.75, 3.05) is 26.2 Å². The molecule has 1 atom stereocenters. The van der Waals surface area contributed by atoms with Crippen LogP contribution >= 0.6 is 0 Å². The summed E-state index contributed by atoms with van der Waals surface area (Å²) in [6.45, 7) is 5.01. The highest BCUT2D eigenvalue weighted by Gasteiger charge is 2.20. The Labute approximate surface area is 116 Å². The van der Waals surface area contributed by atoms with Crippen molar-refractivity contribution in [3.05, 3.63) is 29.6 Å². The summed E-state index contributed by atoms with van der Waals surface area (Å²) in [5.41, 5.74) is 2.75. The molecule has 2 aliphatic rings. The topological polar surface area (TPSA) is 28.2 Å². The van der Waals surface area contributed by atoms with Crippen molar-refractivity contribution in [2.24, 2.45) is 0 Å². The minimum absolute atomic E-state index is 0.489. The van der Waals surface area contributed by atoms with Gasteiger partial charge < -0.3 is 10.2 Å². The lowest BCUT2D eigenvalue weighted by Crippen LogP contribution is -2.29. The van der Waals surface area contributed by atoms with E-state index >= 15 is 0 Å². The highest BCUT2D eigenvalue weighted by atomic mass is 15.1. The van der Waals surface area contributed by atoms with Crippen molar-refractivity contribution < 1.29 is 0 Å². The van der Waals surface area contributed by atoms with Gasteiger partial charge in [0.25, 0.3) is 0 Å². The fraction of sp³-hybridized carbons (Fsp3) is 0.688. The number of aromatic nitrogens is 1. The number of pyridine rings is 1. The molecule has 1 fully saturated rings. The smallest absolute Gasteiger partial charge is 0.0605 e. The number of fused-ring (bicyclic) bond motifs is 1. The molecule has 0 spiro atoms. The lowest BCUT2D eigenvalue weighted by Gasteiger charge is -2.25. The number of rotatable bonds is 5. The summed E-state index contributed by atoms with van der Waals surface area (Å²) in [6, 6.07) is 4.79. The van der Waals surface area contributed by atoms with E-state index in [1.165, 1.54) is 69.4 Å². The second kappa shape index (κ2) is 6.49. The largest absolute Gasteiger partial charge is 0.309 e. The van der Waals surface area contributed by atoms with Gasteiger partial charge >= 0.3 is 0 Å². The van der Waals surface area contributed by atoms with Gasteiger partial charge in [-0.1, -0.05) is 6.07 Å². The number of hydrogen-bond donors (Lipinski definition) is 1. The maximum atomic E-state index is 4.58. The first-order chi connectivity index (χ1) is 9.43. The molecule has 1 unspecified atom stereocenters. The first-order valence-electron chi connectivity index (χ1n) is 7.83. The molecule has 0 bridgehead atoms. The van der Waals surface area contributed by atoms with E-state index in [-0.39, 0.29) is 0 Å². The third-order valence-corrected chi connectivity index (χ3v) is 4.44. The Morgan fingerprint density at radius 1 is 1.26 bits per heavy atom. The SMILES string of the molecule is c1cnc2c(c1)CCCC2NCCCN1CCCC1. The highest BCUT2D eigenvalue weighted by Crippen LogP contribution is 2.27. The maximum absolute atomic E-state index is 4.58. The molecular weight excluding hydrogens is 234 g/mol. The normalized spacial score (nSPS) is 23.5. The summed E-state index contributed by atoms with van der Waals surface area (Å²) < 4.78 is 0. The van der Waals surface area contributed by atoms with Crippen LogP contribution in [0.25, 0.3) is 0 Å². The summed E-state index contributed by atoms with van der Waals surface area (Å²) in [4.78, 5) is 7.18. The zero-order valence-electron chi connectivity index (χ0n) is 11.8. The maximum Gasteiger partial charge on any atom is 0.0605 e. The van der Waals surface area contributed by atoms with Crippen LogP contribution in [0.5, 0.6) is 0 Å². The van der Waals surface area contributed by atoms with Crippen molar-refractivity contribution in [1.82, 2.24) is 15.2 Å². The minimum atomic E-state index is 0.489. The Morgan fingerprint density at radius 2 is 2.16 bits per heavy atom. The predicted octanol–water partition coefficient (Wildman–Crippen LogP) is 2.53. The highest BCUT2D eigenvalue weighted by molar-refractivity contribution is 5.25. The van der Waals surface area contributed by atoms with Gasteiger partial charge in [-0.05, 0) is 76.3 Å². The van der Waals surface area contributed by atoms with E-state index in [0.717, 1.165) is 6.54 Å². The van der Waals surface area contributed by atoms with Crippen LogP contribution in [0.2, 0.25) is 0 Å². The Bertz CT molecular complexity index is 399. The molecule has 1 aliphatic carbocycles. The van der Waals surface area contributed by atoms with Gasteiger partial charge in [0.15, 0.2) is 0 Å². The van der Waals surface area contributed by atoms with Crippen molar-refractivity contribution in [3.8, 4) is 0 Å². The molecule has 0 amide bonds. The molecular formula is C16H25N3. The van der Waals surface area contributed by atoms with Crippen LogP contribution in [0.4, 0.5) is 0 Å². The van der Waals surface area contributed by atoms with Crippen molar-refractivity contribution in [1.29, 1.82) is 0 Å². The Kier molecular flexibility index (Phi) is 4.46. The van der Waals surface area contributed by atoms with Crippen LogP contribution in [0.1, 0.15) is 49.4 Å². The van der Waals surface area contributed by atoms with Crippen molar-refractivity contribution in [2.45, 2.75) is 44.6 Å². The molecule has 3 heteroatoms. The van der Waals surface area contributed by atoms with Gasteiger partial charge in [0, 0.05) is 12.2 Å². The molecule has 1 aliphatic heterocycles. The lowest BCUT2D eigenvalue weighted by molar-refractivity contribution is 0.324. The van der Waals surface area contributed by atoms with E-state index in [0.29, 0.717) is 6.04 Å². The summed E-state index contributed by atoms with van der Waals surface area (Å²) in [5, 5.41) is 3.71. The molecule has 104 valence electrons. The molecule has 1 aromatic heterocycles. The molecule has 3 rings (SSSR count). The molecule has 0 radical (unpaired) electrons. The fourth-order valence-corrected chi connectivity index (χ4v) is 3.39. The van der Waals surface area contributed by atoms with Gasteiger partial charge in [-0.2, -0.15) is 0 Å². The van der Waals surface area contributed by atoms with E-state index < -0.39 is 0 Å². The van der Waals surface area contributed by atoms with Crippen LogP contribution in [0.15, 0.2) is 18.3 Å². The molecule has 0 saturated carbocycles. The molecule has 2 heterocycles. The zero-order chi connectivity index (χ0) is 12.9. The van der Waals surface area contributed by atoms with Gasteiger partial charge in [0.2, 0.25) is 0 Å². The van der Waals surface area contributed by atoms with E-state index in [1.807, 2.05) is 6.20 Å². The Morgan fingerprint density at radius 3 is 3.05 bits per heavy atom. The summed E-state index contributed by atoms with van der Waals surface area (Å²) in [7, 11) is 0. The van der Waals surface area contributed by atoms with Gasteiger partial charge in [-0.3, -0.25) is 4.98 Å². The van der Waals surface area contributed by atoms with Crippen LogP contribution in [-0.4, -0.2) is 36.1 Å². The van der Waals surface area contributed by atoms with Crippen LogP contribution in [0, 0.1) is 0 Å². The van der Waals surface area contributed by atoms with E-state index in [2.05, 4.69) is 27.3 Å². The summed E-state index contributed by atoms with van der Waals surface area (Å²) in [5.74, 6) is 0. The van der Waals surface area contributed by atoms with Gasteiger partial charge in [-0.15, -0.1) is 0 Å². The molecule has 1 aromatic rings. The first-order valence-corrected chi connectivity index (χ1v) is 7.83. The number of nitrogens with zero attached hydrogens (tertiary/aromatic N) is 2. The zero-order valence-corrected chi connectivity index (χ0v) is 11.8.